The van der Waals surface area contributed by atoms with Crippen LogP contribution in [-0.2, 0) is 23.1 Å². The molecule has 2 N–H and O–H groups in total. The first-order valence-electron chi connectivity index (χ1n) is 8.10. The molecule has 0 spiro atoms. The van der Waals surface area contributed by atoms with Crippen LogP contribution in [0.1, 0.15) is 18.9 Å². The number of aryl methyl sites for hydroxylation is 2. The smallest absolute Gasteiger partial charge is 0.226 e. The van der Waals surface area contributed by atoms with Gasteiger partial charge < -0.3 is 10.6 Å². The Morgan fingerprint density at radius 2 is 1.96 bits per heavy atom. The average Bonchev–Trinajstić information content (AvgIpc) is 3.22. The number of nitrogens with one attached hydrogen (secondary N) is 2. The van der Waals surface area contributed by atoms with E-state index in [-0.39, 0.29) is 11.8 Å². The summed E-state index contributed by atoms with van der Waals surface area (Å²) >= 11 is 1.38. The second-order valence-electron chi connectivity index (χ2n) is 5.87. The fraction of sp³-hybridized carbons (Fsp3) is 0.222. The number of amides is 2. The molecule has 3 aromatic rings. The Morgan fingerprint density at radius 1 is 1.19 bits per heavy atom. The Morgan fingerprint density at radius 3 is 2.62 bits per heavy atom. The Hall–Kier alpha value is -3.00. The molecule has 8 heteroatoms. The van der Waals surface area contributed by atoms with Gasteiger partial charge in [0.1, 0.15) is 0 Å². The molecule has 2 heterocycles. The highest BCUT2D eigenvalue weighted by atomic mass is 32.1. The summed E-state index contributed by atoms with van der Waals surface area (Å²) in [6.07, 6.45) is 4.69. The Balaban J connectivity index is 1.57. The molecule has 2 amide bonds. The quantitative estimate of drug-likeness (QED) is 0.699. The van der Waals surface area contributed by atoms with Gasteiger partial charge in [0.05, 0.1) is 11.9 Å². The van der Waals surface area contributed by atoms with Gasteiger partial charge in [-0.25, -0.2) is 4.98 Å². The van der Waals surface area contributed by atoms with E-state index in [1.54, 1.807) is 10.9 Å². The van der Waals surface area contributed by atoms with Gasteiger partial charge in [0.15, 0.2) is 5.13 Å². The zero-order valence-corrected chi connectivity index (χ0v) is 15.3. The van der Waals surface area contributed by atoms with Crippen molar-refractivity contribution in [3.63, 3.8) is 0 Å². The average molecular weight is 369 g/mol. The molecule has 26 heavy (non-hydrogen) atoms. The van der Waals surface area contributed by atoms with Gasteiger partial charge in [0.2, 0.25) is 11.8 Å². The molecule has 1 aromatic carbocycles. The summed E-state index contributed by atoms with van der Waals surface area (Å²) in [6.45, 7) is 1.47. The topological polar surface area (TPSA) is 88.9 Å². The van der Waals surface area contributed by atoms with Gasteiger partial charge in [0, 0.05) is 43.2 Å². The second kappa shape index (κ2) is 7.92. The molecule has 0 radical (unpaired) electrons. The van der Waals surface area contributed by atoms with Crippen molar-refractivity contribution in [2.45, 2.75) is 19.8 Å². The zero-order chi connectivity index (χ0) is 18.5. The van der Waals surface area contributed by atoms with Crippen LogP contribution < -0.4 is 10.6 Å². The van der Waals surface area contributed by atoms with Crippen LogP contribution in [0.4, 0.5) is 10.8 Å². The lowest BCUT2D eigenvalue weighted by Gasteiger charge is -2.03. The standard InChI is InChI=1S/C18H19N5O2S/c1-12(24)20-15-6-4-14(5-7-15)16-11-26-18(21-16)22-17(25)8-3-13-9-19-23(2)10-13/h4-7,9-11H,3,8H2,1-2H3,(H,20,24)(H,21,22,25). The van der Waals surface area contributed by atoms with Gasteiger partial charge in [-0.1, -0.05) is 12.1 Å². The summed E-state index contributed by atoms with van der Waals surface area (Å²) in [5, 5.41) is 12.1. The van der Waals surface area contributed by atoms with Crippen molar-refractivity contribution in [3.8, 4) is 11.3 Å². The lowest BCUT2D eigenvalue weighted by atomic mass is 10.1. The van der Waals surface area contributed by atoms with Crippen molar-refractivity contribution in [2.75, 3.05) is 10.6 Å². The minimum atomic E-state index is -0.109. The predicted molar refractivity (Wildman–Crippen MR) is 102 cm³/mol. The molecule has 0 atom stereocenters. The minimum Gasteiger partial charge on any atom is -0.326 e. The predicted octanol–water partition coefficient (Wildman–Crippen LogP) is 3.07. The summed E-state index contributed by atoms with van der Waals surface area (Å²) < 4.78 is 1.72. The summed E-state index contributed by atoms with van der Waals surface area (Å²) in [5.74, 6) is -0.182. The number of hydrogen-bond acceptors (Lipinski definition) is 5. The maximum atomic E-state index is 12.1. The Kier molecular flexibility index (Phi) is 5.43. The van der Waals surface area contributed by atoms with E-state index in [1.807, 2.05) is 42.9 Å². The number of carbonyl (C=O) groups excluding carboxylic acids is 2. The second-order valence-corrected chi connectivity index (χ2v) is 6.72. The van der Waals surface area contributed by atoms with Crippen molar-refractivity contribution in [3.05, 3.63) is 47.6 Å². The van der Waals surface area contributed by atoms with Crippen LogP contribution in [0.2, 0.25) is 0 Å². The lowest BCUT2D eigenvalue weighted by molar-refractivity contribution is -0.116. The molecule has 0 unspecified atom stereocenters. The van der Waals surface area contributed by atoms with Crippen LogP contribution in [0, 0.1) is 0 Å². The van der Waals surface area contributed by atoms with Crippen LogP contribution in [0.15, 0.2) is 42.0 Å². The first kappa shape index (κ1) is 17.8. The fourth-order valence-electron chi connectivity index (χ4n) is 2.43. The highest BCUT2D eigenvalue weighted by Crippen LogP contribution is 2.26. The monoisotopic (exact) mass is 369 g/mol. The van der Waals surface area contributed by atoms with Crippen LogP contribution in [-0.4, -0.2) is 26.6 Å². The zero-order valence-electron chi connectivity index (χ0n) is 14.5. The van der Waals surface area contributed by atoms with E-state index in [2.05, 4.69) is 20.7 Å². The van der Waals surface area contributed by atoms with E-state index >= 15 is 0 Å². The molecular weight excluding hydrogens is 350 g/mol. The van der Waals surface area contributed by atoms with Gasteiger partial charge in [-0.3, -0.25) is 14.3 Å². The number of rotatable bonds is 6. The highest BCUT2D eigenvalue weighted by Gasteiger charge is 2.09. The molecule has 2 aromatic heterocycles. The van der Waals surface area contributed by atoms with E-state index in [1.165, 1.54) is 18.3 Å². The molecule has 134 valence electrons. The number of thiazole rings is 1. The van der Waals surface area contributed by atoms with Gasteiger partial charge >= 0.3 is 0 Å². The van der Waals surface area contributed by atoms with Gasteiger partial charge in [-0.05, 0) is 24.1 Å². The number of hydrogen-bond donors (Lipinski definition) is 2. The van der Waals surface area contributed by atoms with Crippen molar-refractivity contribution < 1.29 is 9.59 Å². The van der Waals surface area contributed by atoms with Crippen LogP contribution in [0.5, 0.6) is 0 Å². The third kappa shape index (κ3) is 4.76. The van der Waals surface area contributed by atoms with E-state index in [4.69, 9.17) is 0 Å². The largest absolute Gasteiger partial charge is 0.326 e. The summed E-state index contributed by atoms with van der Waals surface area (Å²) in [6, 6.07) is 7.41. The Bertz CT molecular complexity index is 914. The van der Waals surface area contributed by atoms with Crippen LogP contribution in [0.3, 0.4) is 0 Å². The van der Waals surface area contributed by atoms with E-state index < -0.39 is 0 Å². The normalized spacial score (nSPS) is 10.5. The minimum absolute atomic E-state index is 0.0734. The van der Waals surface area contributed by atoms with Gasteiger partial charge in [-0.2, -0.15) is 5.10 Å². The molecule has 3 rings (SSSR count). The third-order valence-corrected chi connectivity index (χ3v) is 4.41. The SMILES string of the molecule is CC(=O)Nc1ccc(-c2csc(NC(=O)CCc3cnn(C)c3)n2)cc1. The molecule has 0 aliphatic heterocycles. The van der Waals surface area contributed by atoms with E-state index in [0.29, 0.717) is 18.0 Å². The number of benzene rings is 1. The molecule has 7 nitrogen and oxygen atoms in total. The molecule has 0 saturated carbocycles. The van der Waals surface area contributed by atoms with Crippen LogP contribution in [0.25, 0.3) is 11.3 Å². The molecule has 0 fully saturated rings. The van der Waals surface area contributed by atoms with Gasteiger partial charge in [0.25, 0.3) is 0 Å². The van der Waals surface area contributed by atoms with Crippen molar-refractivity contribution >= 4 is 34.0 Å². The van der Waals surface area contributed by atoms with Gasteiger partial charge in [-0.15, -0.1) is 11.3 Å². The first-order valence-corrected chi connectivity index (χ1v) is 8.98. The number of carbonyl (C=O) groups is 2. The third-order valence-electron chi connectivity index (χ3n) is 3.65. The lowest BCUT2D eigenvalue weighted by Crippen LogP contribution is -2.12. The Labute approximate surface area is 155 Å². The van der Waals surface area contributed by atoms with Crippen molar-refractivity contribution in [1.82, 2.24) is 14.8 Å². The molecule has 0 saturated heterocycles. The molecule has 0 bridgehead atoms. The molecular formula is C18H19N5O2S. The highest BCUT2D eigenvalue weighted by molar-refractivity contribution is 7.14. The maximum absolute atomic E-state index is 12.1. The summed E-state index contributed by atoms with van der Waals surface area (Å²) in [5.41, 5.74) is 3.47. The van der Waals surface area contributed by atoms with Crippen LogP contribution >= 0.6 is 11.3 Å². The number of nitrogens with zero attached hydrogens (tertiary/aromatic N) is 3. The first-order chi connectivity index (χ1) is 12.5. The van der Waals surface area contributed by atoms with E-state index in [0.717, 1.165) is 22.5 Å². The summed E-state index contributed by atoms with van der Waals surface area (Å²) in [4.78, 5) is 27.6. The fourth-order valence-corrected chi connectivity index (χ4v) is 3.17. The number of aromatic nitrogens is 3. The van der Waals surface area contributed by atoms with E-state index in [9.17, 15) is 9.59 Å². The summed E-state index contributed by atoms with van der Waals surface area (Å²) in [7, 11) is 1.85. The maximum Gasteiger partial charge on any atom is 0.226 e. The molecule has 0 aliphatic carbocycles. The van der Waals surface area contributed by atoms with Crippen molar-refractivity contribution in [1.29, 1.82) is 0 Å². The van der Waals surface area contributed by atoms with Crippen molar-refractivity contribution in [2.24, 2.45) is 7.05 Å². The molecule has 0 aliphatic rings. The number of anilines is 2.